The molecule has 0 aliphatic rings. The van der Waals surface area contributed by atoms with E-state index in [9.17, 15) is 9.59 Å². The molecule has 0 atom stereocenters. The highest BCUT2D eigenvalue weighted by Crippen LogP contribution is 2.23. The van der Waals surface area contributed by atoms with E-state index in [2.05, 4.69) is 4.98 Å². The van der Waals surface area contributed by atoms with Crippen LogP contribution in [0, 0.1) is 0 Å². The van der Waals surface area contributed by atoms with E-state index >= 15 is 0 Å². The number of fused-ring (bicyclic) bond motifs is 1. The Kier molecular flexibility index (Phi) is 3.60. The highest BCUT2D eigenvalue weighted by Gasteiger charge is 2.26. The zero-order valence-electron chi connectivity index (χ0n) is 14.4. The van der Waals surface area contributed by atoms with Crippen LogP contribution in [-0.2, 0) is 26.1 Å². The van der Waals surface area contributed by atoms with E-state index in [0.29, 0.717) is 11.2 Å². The van der Waals surface area contributed by atoms with Gasteiger partial charge in [-0.05, 0) is 13.8 Å². The molecule has 2 heterocycles. The number of aromatic nitrogens is 4. The molecule has 0 unspecified atom stereocenters. The Morgan fingerprint density at radius 2 is 1.59 bits per heavy atom. The molecule has 2 aromatic rings. The summed E-state index contributed by atoms with van der Waals surface area (Å²) in [5.41, 5.74) is 5.19. The van der Waals surface area contributed by atoms with E-state index in [4.69, 9.17) is 5.73 Å². The van der Waals surface area contributed by atoms with E-state index in [0.717, 1.165) is 5.82 Å². The molecule has 0 aliphatic carbocycles. The molecule has 0 saturated heterocycles. The zero-order valence-corrected chi connectivity index (χ0v) is 14.4. The molecule has 0 aromatic carbocycles. The Morgan fingerprint density at radius 3 is 2.05 bits per heavy atom. The van der Waals surface area contributed by atoms with Gasteiger partial charge in [-0.15, -0.1) is 0 Å². The molecule has 7 heteroatoms. The molecule has 22 heavy (non-hydrogen) atoms. The van der Waals surface area contributed by atoms with Crippen molar-refractivity contribution >= 4 is 11.2 Å². The standard InChI is InChI=1S/C15H25N5O2/c1-14(2,3)12-17-10-9(18(12)6)11(21)20(8-15(4,5)16)13(22)19(10)7/h8,16H2,1-7H3. The fourth-order valence-corrected chi connectivity index (χ4v) is 2.66. The first kappa shape index (κ1) is 16.5. The highest BCUT2D eigenvalue weighted by atomic mass is 16.2. The summed E-state index contributed by atoms with van der Waals surface area (Å²) in [6.07, 6.45) is 0. The maximum atomic E-state index is 12.8. The third-order valence-electron chi connectivity index (χ3n) is 3.60. The van der Waals surface area contributed by atoms with Crippen LogP contribution in [0.15, 0.2) is 9.59 Å². The average Bonchev–Trinajstić information content (AvgIpc) is 2.68. The van der Waals surface area contributed by atoms with Crippen LogP contribution in [0.3, 0.4) is 0 Å². The lowest BCUT2D eigenvalue weighted by Crippen LogP contribution is -2.47. The summed E-state index contributed by atoms with van der Waals surface area (Å²) in [5.74, 6) is 0.763. The molecule has 122 valence electrons. The number of nitrogens with zero attached hydrogens (tertiary/aromatic N) is 4. The monoisotopic (exact) mass is 307 g/mol. The van der Waals surface area contributed by atoms with Gasteiger partial charge in [0.05, 0.1) is 0 Å². The van der Waals surface area contributed by atoms with Crippen molar-refractivity contribution < 1.29 is 0 Å². The maximum Gasteiger partial charge on any atom is 0.332 e. The zero-order chi connectivity index (χ0) is 17.0. The molecule has 0 saturated carbocycles. The third kappa shape index (κ3) is 2.61. The predicted octanol–water partition coefficient (Wildman–Crippen LogP) is 0.469. The molecule has 7 nitrogen and oxygen atoms in total. The predicted molar refractivity (Wildman–Crippen MR) is 87.2 cm³/mol. The van der Waals surface area contributed by atoms with Gasteiger partial charge in [-0.3, -0.25) is 13.9 Å². The van der Waals surface area contributed by atoms with Crippen LogP contribution < -0.4 is 17.0 Å². The molecule has 0 amide bonds. The van der Waals surface area contributed by atoms with Gasteiger partial charge in [0, 0.05) is 31.6 Å². The topological polar surface area (TPSA) is 87.8 Å². The van der Waals surface area contributed by atoms with Crippen LogP contribution in [0.5, 0.6) is 0 Å². The SMILES string of the molecule is Cn1c(C(C)(C)C)nc2c1c(=O)n(CC(C)(C)N)c(=O)n2C. The molecule has 0 aliphatic heterocycles. The molecule has 0 bridgehead atoms. The Balaban J connectivity index is 2.92. The summed E-state index contributed by atoms with van der Waals surface area (Å²) >= 11 is 0. The summed E-state index contributed by atoms with van der Waals surface area (Å²) < 4.78 is 4.38. The summed E-state index contributed by atoms with van der Waals surface area (Å²) in [4.78, 5) is 29.8. The van der Waals surface area contributed by atoms with Crippen molar-refractivity contribution in [2.75, 3.05) is 0 Å². The number of hydrogen-bond donors (Lipinski definition) is 1. The van der Waals surface area contributed by atoms with Crippen LogP contribution in [0.1, 0.15) is 40.4 Å². The van der Waals surface area contributed by atoms with E-state index in [-0.39, 0.29) is 17.5 Å². The van der Waals surface area contributed by atoms with Crippen LogP contribution in [0.2, 0.25) is 0 Å². The lowest BCUT2D eigenvalue weighted by atomic mass is 9.96. The molecule has 0 spiro atoms. The number of rotatable bonds is 2. The van der Waals surface area contributed by atoms with Crippen LogP contribution in [-0.4, -0.2) is 24.2 Å². The van der Waals surface area contributed by atoms with Crippen LogP contribution in [0.4, 0.5) is 0 Å². The largest absolute Gasteiger partial charge is 0.332 e. The van der Waals surface area contributed by atoms with Gasteiger partial charge < -0.3 is 10.3 Å². The lowest BCUT2D eigenvalue weighted by Gasteiger charge is -2.20. The minimum Gasteiger partial charge on any atom is -0.325 e. The van der Waals surface area contributed by atoms with Gasteiger partial charge in [0.1, 0.15) is 5.82 Å². The van der Waals surface area contributed by atoms with Gasteiger partial charge in [-0.2, -0.15) is 0 Å². The van der Waals surface area contributed by atoms with Crippen molar-refractivity contribution in [1.29, 1.82) is 0 Å². The fourth-order valence-electron chi connectivity index (χ4n) is 2.66. The van der Waals surface area contributed by atoms with E-state index in [1.54, 1.807) is 32.5 Å². The van der Waals surface area contributed by atoms with Gasteiger partial charge in [0.25, 0.3) is 5.56 Å². The van der Waals surface area contributed by atoms with Gasteiger partial charge >= 0.3 is 5.69 Å². The lowest BCUT2D eigenvalue weighted by molar-refractivity contribution is 0.411. The van der Waals surface area contributed by atoms with E-state index in [1.807, 2.05) is 20.8 Å². The molecule has 2 rings (SSSR count). The Hall–Kier alpha value is -1.89. The van der Waals surface area contributed by atoms with Crippen molar-refractivity contribution in [3.63, 3.8) is 0 Å². The molecule has 2 aromatic heterocycles. The van der Waals surface area contributed by atoms with E-state index in [1.165, 1.54) is 9.13 Å². The van der Waals surface area contributed by atoms with Gasteiger partial charge in [0.15, 0.2) is 11.2 Å². The molecule has 0 radical (unpaired) electrons. The van der Waals surface area contributed by atoms with Crippen LogP contribution in [0.25, 0.3) is 11.2 Å². The van der Waals surface area contributed by atoms with Crippen molar-refractivity contribution in [2.24, 2.45) is 19.8 Å². The molecule has 0 fully saturated rings. The molecular formula is C15H25N5O2. The summed E-state index contributed by atoms with van der Waals surface area (Å²) in [7, 11) is 3.43. The second-order valence-electron chi connectivity index (χ2n) is 7.64. The Bertz CT molecular complexity index is 840. The second kappa shape index (κ2) is 4.81. The van der Waals surface area contributed by atoms with Crippen molar-refractivity contribution in [3.8, 4) is 0 Å². The smallest absolute Gasteiger partial charge is 0.325 e. The summed E-state index contributed by atoms with van der Waals surface area (Å²) in [6.45, 7) is 9.79. The minimum absolute atomic E-state index is 0.157. The second-order valence-corrected chi connectivity index (χ2v) is 7.64. The van der Waals surface area contributed by atoms with Crippen molar-refractivity contribution in [1.82, 2.24) is 18.7 Å². The van der Waals surface area contributed by atoms with Crippen molar-refractivity contribution in [2.45, 2.75) is 52.1 Å². The molecule has 2 N–H and O–H groups in total. The first-order chi connectivity index (χ1) is 9.84. The first-order valence-corrected chi connectivity index (χ1v) is 7.30. The quantitative estimate of drug-likeness (QED) is 0.873. The Morgan fingerprint density at radius 1 is 1.05 bits per heavy atom. The Labute approximate surface area is 129 Å². The minimum atomic E-state index is -0.658. The van der Waals surface area contributed by atoms with Gasteiger partial charge in [-0.25, -0.2) is 9.78 Å². The highest BCUT2D eigenvalue weighted by molar-refractivity contribution is 5.71. The van der Waals surface area contributed by atoms with Gasteiger partial charge in [-0.1, -0.05) is 20.8 Å². The number of nitrogens with two attached hydrogens (primary N) is 1. The maximum absolute atomic E-state index is 12.8. The first-order valence-electron chi connectivity index (χ1n) is 7.30. The van der Waals surface area contributed by atoms with Crippen LogP contribution >= 0.6 is 0 Å². The average molecular weight is 307 g/mol. The summed E-state index contributed by atoms with van der Waals surface area (Å²) in [6, 6.07) is 0. The number of aryl methyl sites for hydroxylation is 2. The van der Waals surface area contributed by atoms with Gasteiger partial charge in [0.2, 0.25) is 0 Å². The normalized spacial score (nSPS) is 13.1. The number of hydrogen-bond acceptors (Lipinski definition) is 4. The third-order valence-corrected chi connectivity index (χ3v) is 3.60. The van der Waals surface area contributed by atoms with E-state index < -0.39 is 11.2 Å². The number of imidazole rings is 1. The van der Waals surface area contributed by atoms with Crippen molar-refractivity contribution in [3.05, 3.63) is 26.7 Å². The molecular weight excluding hydrogens is 282 g/mol. The fraction of sp³-hybridized carbons (Fsp3) is 0.667. The summed E-state index contributed by atoms with van der Waals surface area (Å²) in [5, 5.41) is 0.